The first kappa shape index (κ1) is 16.9. The molecule has 1 fully saturated rings. The van der Waals surface area contributed by atoms with Crippen molar-refractivity contribution in [1.82, 2.24) is 14.7 Å². The standard InChI is InChI=1S/C14H27N3O3/c1-4-16(5-2)14(19)12-15(3)7-6-13(18)17-8-10-20-11-9-17/h4-12H2,1-3H3. The molecule has 1 heterocycles. The molecule has 0 N–H and O–H groups in total. The molecular formula is C14H27N3O3. The summed E-state index contributed by atoms with van der Waals surface area (Å²) in [6.07, 6.45) is 0.460. The van der Waals surface area contributed by atoms with Crippen molar-refractivity contribution in [3.05, 3.63) is 0 Å². The van der Waals surface area contributed by atoms with Gasteiger partial charge in [0.05, 0.1) is 19.8 Å². The van der Waals surface area contributed by atoms with E-state index in [4.69, 9.17) is 4.74 Å². The average molecular weight is 285 g/mol. The quantitative estimate of drug-likeness (QED) is 0.662. The van der Waals surface area contributed by atoms with Crippen LogP contribution in [-0.2, 0) is 14.3 Å². The first-order valence-electron chi connectivity index (χ1n) is 7.40. The van der Waals surface area contributed by atoms with Crippen molar-refractivity contribution in [2.45, 2.75) is 20.3 Å². The molecule has 0 unspecified atom stereocenters. The topological polar surface area (TPSA) is 53.1 Å². The number of carbonyl (C=O) groups is 2. The zero-order valence-electron chi connectivity index (χ0n) is 12.9. The maximum absolute atomic E-state index is 12.0. The Balaban J connectivity index is 2.26. The molecule has 0 aliphatic carbocycles. The molecular weight excluding hydrogens is 258 g/mol. The van der Waals surface area contributed by atoms with Crippen LogP contribution in [0.15, 0.2) is 0 Å². The normalized spacial score (nSPS) is 15.5. The summed E-state index contributed by atoms with van der Waals surface area (Å²) in [6.45, 7) is 9.02. The number of hydrogen-bond acceptors (Lipinski definition) is 4. The van der Waals surface area contributed by atoms with E-state index in [9.17, 15) is 9.59 Å². The van der Waals surface area contributed by atoms with Crippen molar-refractivity contribution >= 4 is 11.8 Å². The Labute approximate surface area is 121 Å². The third-order valence-electron chi connectivity index (χ3n) is 3.59. The Hall–Kier alpha value is -1.14. The molecule has 1 aliphatic rings. The van der Waals surface area contributed by atoms with Crippen LogP contribution in [0.1, 0.15) is 20.3 Å². The number of ether oxygens (including phenoxy) is 1. The average Bonchev–Trinajstić information content (AvgIpc) is 2.47. The molecule has 0 aromatic rings. The van der Waals surface area contributed by atoms with Crippen LogP contribution in [0, 0.1) is 0 Å². The van der Waals surface area contributed by atoms with Crippen LogP contribution in [0.5, 0.6) is 0 Å². The molecule has 0 spiro atoms. The number of carbonyl (C=O) groups excluding carboxylic acids is 2. The molecule has 0 aromatic carbocycles. The van der Waals surface area contributed by atoms with Gasteiger partial charge in [0.15, 0.2) is 0 Å². The Morgan fingerprint density at radius 3 is 2.30 bits per heavy atom. The lowest BCUT2D eigenvalue weighted by Gasteiger charge is -2.28. The summed E-state index contributed by atoms with van der Waals surface area (Å²) in [5.41, 5.74) is 0. The summed E-state index contributed by atoms with van der Waals surface area (Å²) in [7, 11) is 1.88. The first-order valence-corrected chi connectivity index (χ1v) is 7.40. The molecule has 6 nitrogen and oxygen atoms in total. The molecule has 1 saturated heterocycles. The summed E-state index contributed by atoms with van der Waals surface area (Å²) >= 11 is 0. The number of amides is 2. The lowest BCUT2D eigenvalue weighted by atomic mass is 10.3. The molecule has 0 saturated carbocycles. The lowest BCUT2D eigenvalue weighted by Crippen LogP contribution is -2.43. The van der Waals surface area contributed by atoms with E-state index in [0.717, 1.165) is 13.1 Å². The fourth-order valence-corrected chi connectivity index (χ4v) is 2.24. The van der Waals surface area contributed by atoms with E-state index in [-0.39, 0.29) is 11.8 Å². The molecule has 2 amide bonds. The zero-order valence-corrected chi connectivity index (χ0v) is 12.9. The van der Waals surface area contributed by atoms with E-state index < -0.39 is 0 Å². The van der Waals surface area contributed by atoms with Crippen LogP contribution in [0.4, 0.5) is 0 Å². The van der Waals surface area contributed by atoms with E-state index in [0.29, 0.717) is 45.8 Å². The highest BCUT2D eigenvalue weighted by Crippen LogP contribution is 2.01. The van der Waals surface area contributed by atoms with E-state index >= 15 is 0 Å². The van der Waals surface area contributed by atoms with Gasteiger partial charge in [-0.3, -0.25) is 14.5 Å². The van der Waals surface area contributed by atoms with Crippen molar-refractivity contribution in [2.75, 3.05) is 59.5 Å². The van der Waals surface area contributed by atoms with Crippen LogP contribution in [0.2, 0.25) is 0 Å². The van der Waals surface area contributed by atoms with Gasteiger partial charge >= 0.3 is 0 Å². The number of hydrogen-bond donors (Lipinski definition) is 0. The highest BCUT2D eigenvalue weighted by atomic mass is 16.5. The Kier molecular flexibility index (Phi) is 7.54. The highest BCUT2D eigenvalue weighted by molar-refractivity contribution is 5.78. The smallest absolute Gasteiger partial charge is 0.236 e. The van der Waals surface area contributed by atoms with Gasteiger partial charge in [-0.1, -0.05) is 0 Å². The Morgan fingerprint density at radius 1 is 1.15 bits per heavy atom. The Morgan fingerprint density at radius 2 is 1.75 bits per heavy atom. The summed E-state index contributed by atoms with van der Waals surface area (Å²) < 4.78 is 5.22. The molecule has 0 bridgehead atoms. The van der Waals surface area contributed by atoms with Gasteiger partial charge in [-0.2, -0.15) is 0 Å². The maximum atomic E-state index is 12.0. The monoisotopic (exact) mass is 285 g/mol. The van der Waals surface area contributed by atoms with Crippen molar-refractivity contribution < 1.29 is 14.3 Å². The van der Waals surface area contributed by atoms with E-state index in [1.54, 1.807) is 4.90 Å². The van der Waals surface area contributed by atoms with Crippen molar-refractivity contribution in [2.24, 2.45) is 0 Å². The van der Waals surface area contributed by atoms with Gasteiger partial charge in [0.1, 0.15) is 0 Å². The SMILES string of the molecule is CCN(CC)C(=O)CN(C)CCC(=O)N1CCOCC1. The lowest BCUT2D eigenvalue weighted by molar-refractivity contribution is -0.136. The summed E-state index contributed by atoms with van der Waals surface area (Å²) in [6, 6.07) is 0. The van der Waals surface area contributed by atoms with Crippen LogP contribution >= 0.6 is 0 Å². The predicted molar refractivity (Wildman–Crippen MR) is 77.4 cm³/mol. The maximum Gasteiger partial charge on any atom is 0.236 e. The second-order valence-corrected chi connectivity index (χ2v) is 5.05. The zero-order chi connectivity index (χ0) is 15.0. The minimum Gasteiger partial charge on any atom is -0.378 e. The van der Waals surface area contributed by atoms with Gasteiger partial charge < -0.3 is 14.5 Å². The fourth-order valence-electron chi connectivity index (χ4n) is 2.24. The summed E-state index contributed by atoms with van der Waals surface area (Å²) in [5, 5.41) is 0. The third kappa shape index (κ3) is 5.46. The first-order chi connectivity index (χ1) is 9.58. The summed E-state index contributed by atoms with van der Waals surface area (Å²) in [4.78, 5) is 29.5. The van der Waals surface area contributed by atoms with Crippen LogP contribution < -0.4 is 0 Å². The van der Waals surface area contributed by atoms with Crippen LogP contribution in [0.3, 0.4) is 0 Å². The number of likely N-dealkylation sites (N-methyl/N-ethyl adjacent to an activating group) is 2. The molecule has 20 heavy (non-hydrogen) atoms. The van der Waals surface area contributed by atoms with Gasteiger partial charge in [-0.05, 0) is 20.9 Å². The van der Waals surface area contributed by atoms with E-state index in [2.05, 4.69) is 0 Å². The van der Waals surface area contributed by atoms with Crippen molar-refractivity contribution in [1.29, 1.82) is 0 Å². The molecule has 6 heteroatoms. The van der Waals surface area contributed by atoms with Crippen molar-refractivity contribution in [3.8, 4) is 0 Å². The largest absolute Gasteiger partial charge is 0.378 e. The van der Waals surface area contributed by atoms with Crippen LogP contribution in [-0.4, -0.2) is 86.0 Å². The fraction of sp³-hybridized carbons (Fsp3) is 0.857. The molecule has 1 aliphatic heterocycles. The van der Waals surface area contributed by atoms with Crippen LogP contribution in [0.25, 0.3) is 0 Å². The second-order valence-electron chi connectivity index (χ2n) is 5.05. The molecule has 116 valence electrons. The van der Waals surface area contributed by atoms with Gasteiger partial charge in [0.25, 0.3) is 0 Å². The molecule has 1 rings (SSSR count). The molecule has 0 aromatic heterocycles. The number of nitrogens with zero attached hydrogens (tertiary/aromatic N) is 3. The highest BCUT2D eigenvalue weighted by Gasteiger charge is 2.18. The second kappa shape index (κ2) is 8.92. The molecule has 0 atom stereocenters. The predicted octanol–water partition coefficient (Wildman–Crippen LogP) is 0.0355. The molecule has 0 radical (unpaired) electrons. The van der Waals surface area contributed by atoms with E-state index in [1.807, 2.05) is 30.7 Å². The van der Waals surface area contributed by atoms with Gasteiger partial charge in [0.2, 0.25) is 11.8 Å². The van der Waals surface area contributed by atoms with E-state index in [1.165, 1.54) is 0 Å². The minimum absolute atomic E-state index is 0.122. The van der Waals surface area contributed by atoms with Gasteiger partial charge in [-0.15, -0.1) is 0 Å². The number of morpholine rings is 1. The van der Waals surface area contributed by atoms with Gasteiger partial charge in [-0.25, -0.2) is 0 Å². The summed E-state index contributed by atoms with van der Waals surface area (Å²) in [5.74, 6) is 0.270. The number of rotatable bonds is 7. The Bertz CT molecular complexity index is 313. The minimum atomic E-state index is 0.122. The third-order valence-corrected chi connectivity index (χ3v) is 3.59. The van der Waals surface area contributed by atoms with Crippen molar-refractivity contribution in [3.63, 3.8) is 0 Å². The van der Waals surface area contributed by atoms with Gasteiger partial charge in [0, 0.05) is 39.1 Å².